The lowest BCUT2D eigenvalue weighted by atomic mass is 9.97. The molecule has 1 atom stereocenters. The number of anilines is 2. The Bertz CT molecular complexity index is 1460. The van der Waals surface area contributed by atoms with Crippen LogP contribution in [0.4, 0.5) is 20.6 Å². The summed E-state index contributed by atoms with van der Waals surface area (Å²) in [6, 6.07) is 24.0. The van der Waals surface area contributed by atoms with Gasteiger partial charge in [-0.25, -0.2) is 9.18 Å². The molecule has 0 fully saturated rings. The number of aromatic nitrogens is 1. The topological polar surface area (TPSA) is 66.8 Å². The van der Waals surface area contributed by atoms with Crippen LogP contribution < -0.4 is 15.0 Å². The van der Waals surface area contributed by atoms with Gasteiger partial charge in [0, 0.05) is 12.2 Å². The van der Waals surface area contributed by atoms with E-state index >= 15 is 0 Å². The summed E-state index contributed by atoms with van der Waals surface area (Å²) in [6.07, 6.45) is 1.98. The van der Waals surface area contributed by atoms with E-state index in [1.165, 1.54) is 17.0 Å². The molecule has 0 spiro atoms. The molecule has 38 heavy (non-hydrogen) atoms. The molecule has 5 rings (SSSR count). The lowest BCUT2D eigenvalue weighted by Gasteiger charge is -2.40. The van der Waals surface area contributed by atoms with E-state index in [-0.39, 0.29) is 24.2 Å². The monoisotopic (exact) mass is 512 g/mol. The fourth-order valence-corrected chi connectivity index (χ4v) is 4.82. The minimum atomic E-state index is -0.548. The number of methoxy groups -OCH3 is 1. The van der Waals surface area contributed by atoms with Gasteiger partial charge in [0.15, 0.2) is 0 Å². The maximum atomic E-state index is 14.2. The summed E-state index contributed by atoms with van der Waals surface area (Å²) < 4.78 is 21.6. The highest BCUT2D eigenvalue weighted by Gasteiger charge is 2.37. The molecule has 3 aromatic carbocycles. The average molecular weight is 513 g/mol. The van der Waals surface area contributed by atoms with E-state index in [0.717, 1.165) is 22.6 Å². The van der Waals surface area contributed by atoms with Crippen molar-refractivity contribution in [3.63, 3.8) is 0 Å². The van der Waals surface area contributed by atoms with Gasteiger partial charge in [-0.15, -0.1) is 0 Å². The first-order chi connectivity index (χ1) is 18.4. The zero-order valence-corrected chi connectivity index (χ0v) is 21.5. The number of ether oxygens (including phenoxy) is 1. The minimum absolute atomic E-state index is 0.0628. The van der Waals surface area contributed by atoms with E-state index in [2.05, 4.69) is 9.88 Å². The van der Waals surface area contributed by atoms with Crippen LogP contribution in [0.25, 0.3) is 5.69 Å². The van der Waals surface area contributed by atoms with Crippen molar-refractivity contribution >= 4 is 23.3 Å². The second-order valence-electron chi connectivity index (χ2n) is 9.36. The van der Waals surface area contributed by atoms with E-state index in [1.807, 2.05) is 80.7 Å². The predicted octanol–water partition coefficient (Wildman–Crippen LogP) is 6.00. The molecule has 0 saturated heterocycles. The zero-order chi connectivity index (χ0) is 26.8. The molecule has 1 N–H and O–H groups in total. The van der Waals surface area contributed by atoms with Crippen LogP contribution in [0.3, 0.4) is 0 Å². The van der Waals surface area contributed by atoms with Crippen LogP contribution in [0.5, 0.6) is 5.75 Å². The van der Waals surface area contributed by atoms with Gasteiger partial charge in [0.2, 0.25) is 5.91 Å². The van der Waals surface area contributed by atoms with E-state index < -0.39 is 17.9 Å². The van der Waals surface area contributed by atoms with Gasteiger partial charge in [0.1, 0.15) is 24.2 Å². The van der Waals surface area contributed by atoms with Gasteiger partial charge in [-0.2, -0.15) is 0 Å². The Morgan fingerprint density at radius 2 is 1.63 bits per heavy atom. The van der Waals surface area contributed by atoms with Gasteiger partial charge in [0.25, 0.3) is 0 Å². The number of hydrogen-bond acceptors (Lipinski definition) is 3. The highest BCUT2D eigenvalue weighted by molar-refractivity contribution is 6.01. The molecule has 1 unspecified atom stereocenters. The summed E-state index contributed by atoms with van der Waals surface area (Å²) >= 11 is 0. The fourth-order valence-electron chi connectivity index (χ4n) is 4.82. The van der Waals surface area contributed by atoms with Crippen molar-refractivity contribution in [3.05, 3.63) is 108 Å². The Labute approximate surface area is 221 Å². The van der Waals surface area contributed by atoms with Crippen LogP contribution in [0, 0.1) is 5.82 Å². The summed E-state index contributed by atoms with van der Waals surface area (Å²) in [5.41, 5.74) is 3.50. The number of carbonyl (C=O) groups is 2. The third-order valence-corrected chi connectivity index (χ3v) is 6.72. The molecule has 1 aliphatic rings. The largest absolute Gasteiger partial charge is 0.497 e. The van der Waals surface area contributed by atoms with Gasteiger partial charge in [-0.1, -0.05) is 36.4 Å². The zero-order valence-electron chi connectivity index (χ0n) is 21.5. The molecule has 7 nitrogen and oxygen atoms in total. The highest BCUT2D eigenvalue weighted by Crippen LogP contribution is 2.42. The van der Waals surface area contributed by atoms with Crippen LogP contribution in [0.1, 0.15) is 31.1 Å². The van der Waals surface area contributed by atoms with E-state index in [0.29, 0.717) is 5.75 Å². The molecule has 0 radical (unpaired) electrons. The highest BCUT2D eigenvalue weighted by atomic mass is 19.1. The molecule has 0 saturated carbocycles. The third kappa shape index (κ3) is 4.61. The van der Waals surface area contributed by atoms with E-state index in [4.69, 9.17) is 4.74 Å². The Kier molecular flexibility index (Phi) is 6.87. The molecule has 1 aliphatic heterocycles. The van der Waals surface area contributed by atoms with Crippen LogP contribution in [0.15, 0.2) is 91.1 Å². The van der Waals surface area contributed by atoms with Crippen molar-refractivity contribution in [2.24, 2.45) is 0 Å². The Hall–Kier alpha value is -4.59. The molecule has 0 bridgehead atoms. The van der Waals surface area contributed by atoms with Crippen molar-refractivity contribution in [2.45, 2.75) is 25.9 Å². The second kappa shape index (κ2) is 10.4. The Balaban J connectivity index is 1.52. The summed E-state index contributed by atoms with van der Waals surface area (Å²) in [5.74, 6) is -0.0849. The summed E-state index contributed by atoms with van der Waals surface area (Å²) in [5, 5.41) is 2.61. The number of para-hydroxylation sites is 3. The summed E-state index contributed by atoms with van der Waals surface area (Å²) in [7, 11) is 1.61. The third-order valence-electron chi connectivity index (χ3n) is 6.72. The summed E-state index contributed by atoms with van der Waals surface area (Å²) in [4.78, 5) is 30.5. The van der Waals surface area contributed by atoms with Crippen LogP contribution >= 0.6 is 0 Å². The van der Waals surface area contributed by atoms with Crippen molar-refractivity contribution in [3.8, 4) is 11.4 Å². The first-order valence-electron chi connectivity index (χ1n) is 12.4. The normalized spacial score (nSPS) is 14.0. The standard InChI is InChI=1S/C30H29FN4O3/c1-20(2)34(30(37)32-24-10-5-4-9-23(24)31)19-28(36)35-26-12-7-6-11-25(26)33-18-8-13-27(33)29(35)21-14-16-22(38-3)17-15-21/h4-18,20,29H,19H2,1-3H3,(H,32,37). The molecular formula is C30H29FN4O3. The number of halogens is 1. The smallest absolute Gasteiger partial charge is 0.322 e. The number of rotatable bonds is 6. The molecule has 2 heterocycles. The SMILES string of the molecule is COc1ccc(C2c3cccn3-c3ccccc3N2C(=O)CN(C(=O)Nc2ccccc2F)C(C)C)cc1. The molecule has 4 aromatic rings. The van der Waals surface area contributed by atoms with Gasteiger partial charge < -0.3 is 19.5 Å². The van der Waals surface area contributed by atoms with Gasteiger partial charge >= 0.3 is 6.03 Å². The quantitative estimate of drug-likeness (QED) is 0.344. The predicted molar refractivity (Wildman–Crippen MR) is 145 cm³/mol. The fraction of sp³-hybridized carbons (Fsp3) is 0.200. The number of nitrogens with zero attached hydrogens (tertiary/aromatic N) is 3. The molecular weight excluding hydrogens is 483 g/mol. The van der Waals surface area contributed by atoms with Crippen molar-refractivity contribution in [2.75, 3.05) is 23.9 Å². The number of benzene rings is 3. The molecule has 194 valence electrons. The number of nitrogens with one attached hydrogen (secondary N) is 1. The van der Waals surface area contributed by atoms with Crippen molar-refractivity contribution in [1.29, 1.82) is 0 Å². The second-order valence-corrected chi connectivity index (χ2v) is 9.36. The van der Waals surface area contributed by atoms with Crippen LogP contribution in [-0.2, 0) is 4.79 Å². The Morgan fingerprint density at radius 3 is 2.32 bits per heavy atom. The number of amides is 3. The first-order valence-corrected chi connectivity index (χ1v) is 12.4. The number of fused-ring (bicyclic) bond motifs is 3. The van der Waals surface area contributed by atoms with Crippen LogP contribution in [0.2, 0.25) is 0 Å². The summed E-state index contributed by atoms with van der Waals surface area (Å²) in [6.45, 7) is 3.45. The van der Waals surface area contributed by atoms with E-state index in [9.17, 15) is 14.0 Å². The van der Waals surface area contributed by atoms with Gasteiger partial charge in [-0.3, -0.25) is 9.69 Å². The molecule has 3 amide bonds. The van der Waals surface area contributed by atoms with Crippen LogP contribution in [-0.4, -0.2) is 41.1 Å². The Morgan fingerprint density at radius 1 is 0.947 bits per heavy atom. The average Bonchev–Trinajstić information content (AvgIpc) is 3.42. The van der Waals surface area contributed by atoms with Gasteiger partial charge in [0.05, 0.1) is 29.9 Å². The lowest BCUT2D eigenvalue weighted by Crippen LogP contribution is -2.49. The minimum Gasteiger partial charge on any atom is -0.497 e. The molecule has 0 aliphatic carbocycles. The number of urea groups is 1. The molecule has 1 aromatic heterocycles. The van der Waals surface area contributed by atoms with Gasteiger partial charge in [-0.05, 0) is 67.9 Å². The lowest BCUT2D eigenvalue weighted by molar-refractivity contribution is -0.119. The number of carbonyl (C=O) groups excluding carboxylic acids is 2. The number of hydrogen-bond donors (Lipinski definition) is 1. The maximum absolute atomic E-state index is 14.2. The van der Waals surface area contributed by atoms with Crippen molar-refractivity contribution < 1.29 is 18.7 Å². The molecule has 8 heteroatoms. The first kappa shape index (κ1) is 25.1. The van der Waals surface area contributed by atoms with Crippen molar-refractivity contribution in [1.82, 2.24) is 9.47 Å². The van der Waals surface area contributed by atoms with E-state index in [1.54, 1.807) is 24.1 Å². The maximum Gasteiger partial charge on any atom is 0.322 e.